The second-order valence-electron chi connectivity index (χ2n) is 12.1. The zero-order valence-electron chi connectivity index (χ0n) is 28.8. The molecule has 0 spiro atoms. The lowest BCUT2D eigenvalue weighted by molar-refractivity contribution is 0.0323. The molecule has 7 heteroatoms. The van der Waals surface area contributed by atoms with Gasteiger partial charge in [-0.15, -0.1) is 0 Å². The van der Waals surface area contributed by atoms with Gasteiger partial charge < -0.3 is 18.5 Å². The van der Waals surface area contributed by atoms with Gasteiger partial charge in [0.2, 0.25) is 0 Å². The predicted octanol–water partition coefficient (Wildman–Crippen LogP) is 11.7. The van der Waals surface area contributed by atoms with Gasteiger partial charge in [0.05, 0.1) is 26.4 Å². The van der Waals surface area contributed by atoms with Gasteiger partial charge in [-0.2, -0.15) is 0 Å². The Morgan fingerprint density at radius 3 is 1.27 bits per heavy atom. The van der Waals surface area contributed by atoms with Crippen LogP contribution in [0.1, 0.15) is 135 Å². The normalized spacial score (nSPS) is 11.6. The van der Waals surface area contributed by atoms with Crippen molar-refractivity contribution >= 4 is 7.82 Å². The van der Waals surface area contributed by atoms with Gasteiger partial charge in [-0.3, -0.25) is 4.52 Å². The number of ether oxygens (including phenoxy) is 2. The molecule has 0 aromatic heterocycles. The number of aryl methyl sites for hydroxylation is 2. The third-order valence-corrected chi connectivity index (χ3v) is 9.28. The van der Waals surface area contributed by atoms with Crippen LogP contribution < -0.4 is 9.05 Å². The largest absolute Gasteiger partial charge is 0.587 e. The van der Waals surface area contributed by atoms with Crippen LogP contribution in [0.2, 0.25) is 0 Å². The molecule has 2 aromatic carbocycles. The number of rotatable bonds is 30. The molecule has 0 heterocycles. The zero-order valence-corrected chi connectivity index (χ0v) is 29.7. The van der Waals surface area contributed by atoms with E-state index in [0.29, 0.717) is 24.7 Å². The molecule has 0 aliphatic carbocycles. The minimum Gasteiger partial charge on any atom is -0.395 e. The standard InChI is InChI=1S/C38H63O6P/c1-4-7-10-12-14-16-18-20-35-22-26-37(27-23-35)43-45(39,42-34-33-41-32-31-40-30-9-6-3)44-38-28-24-36(25-29-38)21-19-17-15-13-11-8-5-2/h22-29H,4-21,30-34H2,1-3H3. The van der Waals surface area contributed by atoms with Gasteiger partial charge in [0.1, 0.15) is 11.5 Å². The Morgan fingerprint density at radius 2 is 0.822 bits per heavy atom. The molecule has 0 fully saturated rings. The van der Waals surface area contributed by atoms with E-state index in [9.17, 15) is 4.57 Å². The Labute approximate surface area is 275 Å². The van der Waals surface area contributed by atoms with Gasteiger partial charge >= 0.3 is 7.82 Å². The van der Waals surface area contributed by atoms with Crippen LogP contribution in [0.4, 0.5) is 0 Å². The Hall–Kier alpha value is -1.85. The summed E-state index contributed by atoms with van der Waals surface area (Å²) in [5.41, 5.74) is 2.50. The van der Waals surface area contributed by atoms with Crippen LogP contribution >= 0.6 is 7.82 Å². The van der Waals surface area contributed by atoms with Crippen molar-refractivity contribution in [2.75, 3.05) is 33.0 Å². The topological polar surface area (TPSA) is 63.2 Å². The molecule has 0 aliphatic rings. The zero-order chi connectivity index (χ0) is 32.3. The van der Waals surface area contributed by atoms with Crippen molar-refractivity contribution in [1.82, 2.24) is 0 Å². The second-order valence-corrected chi connectivity index (χ2v) is 13.6. The molecule has 45 heavy (non-hydrogen) atoms. The van der Waals surface area contributed by atoms with E-state index in [4.69, 9.17) is 23.0 Å². The molecular weight excluding hydrogens is 583 g/mol. The Kier molecular flexibility index (Phi) is 22.9. The van der Waals surface area contributed by atoms with Crippen molar-refractivity contribution in [3.8, 4) is 11.5 Å². The van der Waals surface area contributed by atoms with Crippen LogP contribution in [0, 0.1) is 0 Å². The van der Waals surface area contributed by atoms with Crippen molar-refractivity contribution < 1.29 is 27.6 Å². The van der Waals surface area contributed by atoms with Crippen molar-refractivity contribution in [2.24, 2.45) is 0 Å². The highest BCUT2D eigenvalue weighted by Crippen LogP contribution is 2.49. The van der Waals surface area contributed by atoms with Gasteiger partial charge in [-0.1, -0.05) is 129 Å². The predicted molar refractivity (Wildman–Crippen MR) is 188 cm³/mol. The highest BCUT2D eigenvalue weighted by Gasteiger charge is 2.31. The molecule has 0 amide bonds. The van der Waals surface area contributed by atoms with E-state index < -0.39 is 7.82 Å². The van der Waals surface area contributed by atoms with E-state index in [1.807, 2.05) is 48.5 Å². The maximum atomic E-state index is 13.8. The van der Waals surface area contributed by atoms with Crippen molar-refractivity contribution in [2.45, 2.75) is 136 Å². The first-order valence-corrected chi connectivity index (χ1v) is 19.5. The Balaban J connectivity index is 1.87. The molecule has 2 aromatic rings. The van der Waals surface area contributed by atoms with Crippen LogP contribution in [-0.4, -0.2) is 33.0 Å². The first-order chi connectivity index (χ1) is 22.1. The molecule has 256 valence electrons. The summed E-state index contributed by atoms with van der Waals surface area (Å²) < 4.78 is 42.5. The number of benzene rings is 2. The van der Waals surface area contributed by atoms with Gasteiger partial charge in [0.15, 0.2) is 0 Å². The average molecular weight is 647 g/mol. The molecule has 0 atom stereocenters. The molecule has 0 aliphatic heterocycles. The Bertz CT molecular complexity index is 927. The monoisotopic (exact) mass is 646 g/mol. The second kappa shape index (κ2) is 26.2. The lowest BCUT2D eigenvalue weighted by Gasteiger charge is -2.19. The molecule has 0 saturated carbocycles. The first kappa shape index (κ1) is 39.3. The summed E-state index contributed by atoms with van der Waals surface area (Å²) in [5.74, 6) is 0.921. The van der Waals surface area contributed by atoms with Gasteiger partial charge in [-0.05, 0) is 67.5 Å². The maximum Gasteiger partial charge on any atom is 0.587 e. The molecule has 0 radical (unpaired) electrons. The number of hydrogen-bond acceptors (Lipinski definition) is 6. The summed E-state index contributed by atoms with van der Waals surface area (Å²) in [7, 11) is -3.95. The van der Waals surface area contributed by atoms with E-state index in [1.165, 1.54) is 101 Å². The third kappa shape index (κ3) is 20.1. The molecule has 0 unspecified atom stereocenters. The maximum absolute atomic E-state index is 13.8. The molecule has 0 bridgehead atoms. The Morgan fingerprint density at radius 1 is 0.444 bits per heavy atom. The minimum absolute atomic E-state index is 0.0823. The van der Waals surface area contributed by atoms with Gasteiger partial charge in [0, 0.05) is 6.61 Å². The number of unbranched alkanes of at least 4 members (excludes halogenated alkanes) is 13. The fourth-order valence-corrected chi connectivity index (χ4v) is 6.31. The quantitative estimate of drug-likeness (QED) is 0.0621. The summed E-state index contributed by atoms with van der Waals surface area (Å²) in [5, 5.41) is 0. The summed E-state index contributed by atoms with van der Waals surface area (Å²) >= 11 is 0. The highest BCUT2D eigenvalue weighted by atomic mass is 31.2. The van der Waals surface area contributed by atoms with Gasteiger partial charge in [-0.25, -0.2) is 4.57 Å². The minimum atomic E-state index is -3.95. The van der Waals surface area contributed by atoms with E-state index in [2.05, 4.69) is 20.8 Å². The van der Waals surface area contributed by atoms with E-state index >= 15 is 0 Å². The third-order valence-electron chi connectivity index (χ3n) is 7.91. The van der Waals surface area contributed by atoms with Crippen LogP contribution in [0.25, 0.3) is 0 Å². The van der Waals surface area contributed by atoms with Crippen LogP contribution in [0.3, 0.4) is 0 Å². The van der Waals surface area contributed by atoms with Crippen LogP contribution in [-0.2, 0) is 31.4 Å². The molecule has 0 N–H and O–H groups in total. The number of phosphoric ester groups is 1. The average Bonchev–Trinajstić information content (AvgIpc) is 3.04. The van der Waals surface area contributed by atoms with Crippen molar-refractivity contribution in [3.05, 3.63) is 59.7 Å². The highest BCUT2D eigenvalue weighted by molar-refractivity contribution is 7.49. The van der Waals surface area contributed by atoms with Crippen molar-refractivity contribution in [3.63, 3.8) is 0 Å². The lowest BCUT2D eigenvalue weighted by atomic mass is 10.0. The summed E-state index contributed by atoms with van der Waals surface area (Å²) in [6.45, 7) is 8.71. The van der Waals surface area contributed by atoms with Gasteiger partial charge in [0.25, 0.3) is 0 Å². The molecular formula is C38H63O6P. The number of phosphoric acid groups is 1. The lowest BCUT2D eigenvalue weighted by Crippen LogP contribution is -2.12. The van der Waals surface area contributed by atoms with Crippen LogP contribution in [0.15, 0.2) is 48.5 Å². The summed E-state index contributed by atoms with van der Waals surface area (Å²) in [4.78, 5) is 0. The first-order valence-electron chi connectivity index (χ1n) is 18.1. The van der Waals surface area contributed by atoms with E-state index in [-0.39, 0.29) is 13.2 Å². The molecule has 2 rings (SSSR count). The van der Waals surface area contributed by atoms with E-state index in [0.717, 1.165) is 32.3 Å². The SMILES string of the molecule is CCCCCCCCCc1ccc(OP(=O)(OCCOCCOCCCC)Oc2ccc(CCCCCCCCC)cc2)cc1. The molecule has 6 nitrogen and oxygen atoms in total. The molecule has 0 saturated heterocycles. The van der Waals surface area contributed by atoms with Crippen molar-refractivity contribution in [1.29, 1.82) is 0 Å². The fourth-order valence-electron chi connectivity index (χ4n) is 5.11. The number of hydrogen-bond donors (Lipinski definition) is 0. The smallest absolute Gasteiger partial charge is 0.395 e. The van der Waals surface area contributed by atoms with E-state index in [1.54, 1.807) is 0 Å². The fraction of sp³-hybridized carbons (Fsp3) is 0.684. The summed E-state index contributed by atoms with van der Waals surface area (Å²) in [6.07, 6.45) is 22.3. The summed E-state index contributed by atoms with van der Waals surface area (Å²) in [6, 6.07) is 15.6. The van der Waals surface area contributed by atoms with Crippen LogP contribution in [0.5, 0.6) is 11.5 Å².